The lowest BCUT2D eigenvalue weighted by atomic mass is 10.1. The highest BCUT2D eigenvalue weighted by Crippen LogP contribution is 2.26. The highest BCUT2D eigenvalue weighted by atomic mass is 35.5. The first kappa shape index (κ1) is 27.7. The van der Waals surface area contributed by atoms with Crippen LogP contribution < -0.4 is 15.6 Å². The molecule has 1 atom stereocenters. The average molecular weight is 543 g/mol. The van der Waals surface area contributed by atoms with Crippen molar-refractivity contribution in [3.63, 3.8) is 0 Å². The quantitative estimate of drug-likeness (QED) is 0.240. The molecule has 0 bridgehead atoms. The number of ether oxygens (including phenoxy) is 2. The molecule has 1 aromatic heterocycles. The van der Waals surface area contributed by atoms with E-state index in [-0.39, 0.29) is 18.1 Å². The molecule has 0 aliphatic carbocycles. The van der Waals surface area contributed by atoms with Crippen LogP contribution in [0.15, 0.2) is 41.3 Å². The van der Waals surface area contributed by atoms with Crippen LogP contribution in [-0.4, -0.2) is 41.5 Å². The summed E-state index contributed by atoms with van der Waals surface area (Å²) in [5.41, 5.74) is -0.550. The van der Waals surface area contributed by atoms with Gasteiger partial charge in [0, 0.05) is 22.7 Å². The van der Waals surface area contributed by atoms with E-state index in [9.17, 15) is 36.7 Å². The summed E-state index contributed by atoms with van der Waals surface area (Å²) >= 11 is 5.93. The fraction of sp³-hybridized carbons (Fsp3) is 0.250. The van der Waals surface area contributed by atoms with Crippen LogP contribution in [-0.2, 0) is 25.7 Å². The smallest absolute Gasteiger partial charge is 0.308 e. The van der Waals surface area contributed by atoms with Crippen LogP contribution in [0.3, 0.4) is 0 Å². The Morgan fingerprint density at radius 2 is 1.73 bits per heavy atom. The molecule has 0 saturated heterocycles. The first-order valence-corrected chi connectivity index (χ1v) is 11.1. The number of aromatic nitrogens is 1. The standard InChI is InChI=1S/C24H19ClF4N2O6/c1-2-36-20(34)9-17(18(32)11-37-23-21(28)15(26)8-16(27)22(23)29)30-19(33)10-31-6-5-12-3-4-13(25)7-14(12)24(31)35/h3-8,17H,2,9-11H2,1H3,(H,30,33). The Balaban J connectivity index is 1.77. The third kappa shape index (κ3) is 6.64. The van der Waals surface area contributed by atoms with Crippen molar-refractivity contribution in [2.75, 3.05) is 13.2 Å². The zero-order valence-corrected chi connectivity index (χ0v) is 19.9. The Morgan fingerprint density at radius 3 is 2.38 bits per heavy atom. The fourth-order valence-electron chi connectivity index (χ4n) is 3.32. The lowest BCUT2D eigenvalue weighted by Crippen LogP contribution is -2.46. The minimum Gasteiger partial charge on any atom is -0.479 e. The first-order valence-electron chi connectivity index (χ1n) is 10.7. The van der Waals surface area contributed by atoms with Gasteiger partial charge in [0.2, 0.25) is 17.5 Å². The van der Waals surface area contributed by atoms with E-state index in [1.54, 1.807) is 18.2 Å². The summed E-state index contributed by atoms with van der Waals surface area (Å²) in [5.74, 6) is -11.6. The second kappa shape index (κ2) is 11.9. The van der Waals surface area contributed by atoms with Gasteiger partial charge in [-0.3, -0.25) is 19.2 Å². The molecule has 1 heterocycles. The molecule has 0 saturated carbocycles. The van der Waals surface area contributed by atoms with Crippen LogP contribution in [0.1, 0.15) is 13.3 Å². The number of rotatable bonds is 10. The molecular formula is C24H19ClF4N2O6. The summed E-state index contributed by atoms with van der Waals surface area (Å²) in [7, 11) is 0. The van der Waals surface area contributed by atoms with Gasteiger partial charge in [-0.1, -0.05) is 17.7 Å². The van der Waals surface area contributed by atoms with Gasteiger partial charge in [-0.25, -0.2) is 8.78 Å². The number of esters is 1. The van der Waals surface area contributed by atoms with Gasteiger partial charge in [0.05, 0.1) is 13.0 Å². The van der Waals surface area contributed by atoms with E-state index < -0.39 is 77.9 Å². The normalized spacial score (nSPS) is 11.7. The predicted octanol–water partition coefficient (Wildman–Crippen LogP) is 3.30. The third-order valence-electron chi connectivity index (χ3n) is 5.08. The van der Waals surface area contributed by atoms with Crippen molar-refractivity contribution in [1.82, 2.24) is 9.88 Å². The number of pyridine rings is 1. The molecule has 37 heavy (non-hydrogen) atoms. The van der Waals surface area contributed by atoms with E-state index in [1.807, 2.05) is 0 Å². The zero-order chi connectivity index (χ0) is 27.3. The lowest BCUT2D eigenvalue weighted by Gasteiger charge is -2.18. The number of hydrogen-bond acceptors (Lipinski definition) is 6. The molecule has 0 radical (unpaired) electrons. The summed E-state index contributed by atoms with van der Waals surface area (Å²) in [5, 5.41) is 3.36. The van der Waals surface area contributed by atoms with Gasteiger partial charge in [-0.2, -0.15) is 8.78 Å². The van der Waals surface area contributed by atoms with E-state index in [4.69, 9.17) is 16.3 Å². The maximum absolute atomic E-state index is 13.8. The first-order chi connectivity index (χ1) is 17.5. The monoisotopic (exact) mass is 542 g/mol. The van der Waals surface area contributed by atoms with Crippen LogP contribution in [0, 0.1) is 23.3 Å². The Bertz CT molecular complexity index is 1400. The molecule has 8 nitrogen and oxygen atoms in total. The number of nitrogens with one attached hydrogen (secondary N) is 1. The average Bonchev–Trinajstić information content (AvgIpc) is 2.84. The predicted molar refractivity (Wildman–Crippen MR) is 123 cm³/mol. The molecule has 0 aliphatic rings. The largest absolute Gasteiger partial charge is 0.479 e. The molecule has 0 aliphatic heterocycles. The molecule has 3 rings (SSSR count). The van der Waals surface area contributed by atoms with Crippen LogP contribution in [0.2, 0.25) is 5.02 Å². The zero-order valence-electron chi connectivity index (χ0n) is 19.2. The number of carbonyl (C=O) groups is 3. The summed E-state index contributed by atoms with van der Waals surface area (Å²) in [4.78, 5) is 49.9. The van der Waals surface area contributed by atoms with Gasteiger partial charge in [0.1, 0.15) is 19.2 Å². The highest BCUT2D eigenvalue weighted by molar-refractivity contribution is 6.31. The molecule has 1 unspecified atom stereocenters. The molecule has 196 valence electrons. The number of Topliss-reactive ketones (excluding diaryl/α,β-unsaturated/α-hetero) is 1. The van der Waals surface area contributed by atoms with Gasteiger partial charge in [-0.15, -0.1) is 0 Å². The van der Waals surface area contributed by atoms with Crippen molar-refractivity contribution in [3.8, 4) is 5.75 Å². The molecule has 0 fully saturated rings. The summed E-state index contributed by atoms with van der Waals surface area (Å²) in [6, 6.07) is 4.55. The number of fused-ring (bicyclic) bond motifs is 1. The Kier molecular flexibility index (Phi) is 8.87. The maximum atomic E-state index is 13.8. The van der Waals surface area contributed by atoms with Gasteiger partial charge < -0.3 is 19.4 Å². The minimum absolute atomic E-state index is 0.0359. The van der Waals surface area contributed by atoms with Crippen molar-refractivity contribution in [1.29, 1.82) is 0 Å². The van der Waals surface area contributed by atoms with E-state index in [2.05, 4.69) is 10.1 Å². The molecule has 0 spiro atoms. The molecule has 1 amide bonds. The number of ketones is 1. The molecule has 1 N–H and O–H groups in total. The second-order valence-electron chi connectivity index (χ2n) is 7.66. The van der Waals surface area contributed by atoms with Crippen molar-refractivity contribution in [2.24, 2.45) is 0 Å². The third-order valence-corrected chi connectivity index (χ3v) is 5.32. The fourth-order valence-corrected chi connectivity index (χ4v) is 3.50. The van der Waals surface area contributed by atoms with Crippen molar-refractivity contribution in [3.05, 3.63) is 75.2 Å². The lowest BCUT2D eigenvalue weighted by molar-refractivity contribution is -0.145. The topological polar surface area (TPSA) is 104 Å². The van der Waals surface area contributed by atoms with Crippen LogP contribution >= 0.6 is 11.6 Å². The summed E-state index contributed by atoms with van der Waals surface area (Å²) in [6.45, 7) is -0.264. The van der Waals surface area contributed by atoms with Crippen LogP contribution in [0.4, 0.5) is 17.6 Å². The number of benzene rings is 2. The van der Waals surface area contributed by atoms with Gasteiger partial charge >= 0.3 is 5.97 Å². The van der Waals surface area contributed by atoms with Gasteiger partial charge in [0.15, 0.2) is 23.2 Å². The number of nitrogens with zero attached hydrogens (tertiary/aromatic N) is 1. The minimum atomic E-state index is -1.87. The highest BCUT2D eigenvalue weighted by Gasteiger charge is 2.27. The molecule has 2 aromatic carbocycles. The van der Waals surface area contributed by atoms with E-state index in [1.165, 1.54) is 19.2 Å². The van der Waals surface area contributed by atoms with Crippen LogP contribution in [0.5, 0.6) is 5.75 Å². The number of halogens is 5. The molecular weight excluding hydrogens is 524 g/mol. The Labute approximate surface area is 211 Å². The van der Waals surface area contributed by atoms with Gasteiger partial charge in [0.25, 0.3) is 5.56 Å². The van der Waals surface area contributed by atoms with E-state index in [0.29, 0.717) is 10.4 Å². The van der Waals surface area contributed by atoms with Gasteiger partial charge in [-0.05, 0) is 30.5 Å². The SMILES string of the molecule is CCOC(=O)CC(NC(=O)Cn1ccc2ccc(Cl)cc2c1=O)C(=O)COc1c(F)c(F)cc(F)c1F. The summed E-state index contributed by atoms with van der Waals surface area (Å²) < 4.78 is 64.9. The Hall–Kier alpha value is -3.93. The van der Waals surface area contributed by atoms with Crippen molar-refractivity contribution >= 4 is 40.0 Å². The van der Waals surface area contributed by atoms with E-state index in [0.717, 1.165) is 4.57 Å². The van der Waals surface area contributed by atoms with Crippen LogP contribution in [0.25, 0.3) is 10.8 Å². The van der Waals surface area contributed by atoms with Crippen molar-refractivity contribution < 1.29 is 41.4 Å². The Morgan fingerprint density at radius 1 is 1.05 bits per heavy atom. The number of carbonyl (C=O) groups excluding carboxylic acids is 3. The van der Waals surface area contributed by atoms with E-state index >= 15 is 0 Å². The number of hydrogen-bond donors (Lipinski definition) is 1. The molecule has 3 aromatic rings. The molecule has 13 heteroatoms. The van der Waals surface area contributed by atoms with Crippen molar-refractivity contribution in [2.45, 2.75) is 25.9 Å². The second-order valence-corrected chi connectivity index (χ2v) is 8.10. The number of amides is 1. The summed E-state index contributed by atoms with van der Waals surface area (Å²) in [6.07, 6.45) is 0.653. The maximum Gasteiger partial charge on any atom is 0.308 e.